The van der Waals surface area contributed by atoms with Crippen molar-refractivity contribution in [3.8, 4) is 5.75 Å². The predicted octanol–water partition coefficient (Wildman–Crippen LogP) is 1.87. The first-order valence-corrected chi connectivity index (χ1v) is 10.0. The molecule has 7 nitrogen and oxygen atoms in total. The molecule has 27 heavy (non-hydrogen) atoms. The molecule has 0 spiro atoms. The smallest absolute Gasteiger partial charge is 0.323 e. The lowest BCUT2D eigenvalue weighted by Crippen LogP contribution is -2.37. The van der Waals surface area contributed by atoms with Crippen LogP contribution < -0.4 is 4.74 Å². The Morgan fingerprint density at radius 2 is 1.78 bits per heavy atom. The lowest BCUT2D eigenvalue weighted by Gasteiger charge is -2.22. The second-order valence-electron chi connectivity index (χ2n) is 5.99. The number of hydrogen-bond donors (Lipinski definition) is 1. The molecule has 0 fully saturated rings. The highest BCUT2D eigenvalue weighted by Gasteiger charge is 2.23. The summed E-state index contributed by atoms with van der Waals surface area (Å²) in [6, 6.07) is 13.3. The van der Waals surface area contributed by atoms with E-state index in [0.717, 1.165) is 11.8 Å². The Hall–Kier alpha value is -2.87. The van der Waals surface area contributed by atoms with E-state index >= 15 is 0 Å². The third-order valence-corrected chi connectivity index (χ3v) is 5.07. The van der Waals surface area contributed by atoms with Gasteiger partial charge in [-0.2, -0.15) is 0 Å². The average molecular weight is 391 g/mol. The number of aliphatic carboxylic acids is 1. The van der Waals surface area contributed by atoms with Crippen LogP contribution in [-0.4, -0.2) is 56.8 Å². The van der Waals surface area contributed by atoms with Gasteiger partial charge in [0.15, 0.2) is 9.84 Å². The first-order valence-electron chi connectivity index (χ1n) is 8.15. The van der Waals surface area contributed by atoms with Crippen molar-refractivity contribution in [2.75, 3.05) is 26.5 Å². The number of carboxylic acid groups (broad SMARTS) is 1. The maximum Gasteiger partial charge on any atom is 0.323 e. The number of nitrogens with zero attached hydrogens (tertiary/aromatic N) is 1. The molecule has 0 unspecified atom stereocenters. The number of hydrogen-bond acceptors (Lipinski definition) is 5. The first-order chi connectivity index (χ1) is 12.7. The molecule has 2 aromatic carbocycles. The highest BCUT2D eigenvalue weighted by atomic mass is 32.2. The normalized spacial score (nSPS) is 11.0. The van der Waals surface area contributed by atoms with E-state index < -0.39 is 28.3 Å². The molecule has 8 heteroatoms. The van der Waals surface area contributed by atoms with Crippen LogP contribution >= 0.6 is 0 Å². The van der Waals surface area contributed by atoms with E-state index in [1.165, 1.54) is 30.2 Å². The topological polar surface area (TPSA) is 101 Å². The number of sulfone groups is 1. The van der Waals surface area contributed by atoms with E-state index in [-0.39, 0.29) is 22.8 Å². The van der Waals surface area contributed by atoms with Crippen LogP contribution in [0.5, 0.6) is 5.75 Å². The quantitative estimate of drug-likeness (QED) is 0.737. The molecule has 0 heterocycles. The monoisotopic (exact) mass is 391 g/mol. The molecule has 0 aliphatic rings. The van der Waals surface area contributed by atoms with Crippen molar-refractivity contribution in [3.63, 3.8) is 0 Å². The fourth-order valence-electron chi connectivity index (χ4n) is 2.58. The van der Waals surface area contributed by atoms with Gasteiger partial charge in [0.25, 0.3) is 5.91 Å². The molecule has 0 radical (unpaired) electrons. The van der Waals surface area contributed by atoms with Crippen molar-refractivity contribution in [2.24, 2.45) is 0 Å². The zero-order chi connectivity index (χ0) is 20.0. The summed E-state index contributed by atoms with van der Waals surface area (Å²) in [5.74, 6) is -1.58. The van der Waals surface area contributed by atoms with Gasteiger partial charge in [-0.1, -0.05) is 30.3 Å². The molecule has 0 saturated carbocycles. The largest absolute Gasteiger partial charge is 0.496 e. The van der Waals surface area contributed by atoms with Crippen molar-refractivity contribution in [1.29, 1.82) is 0 Å². The Bertz CT molecular complexity index is 924. The second-order valence-corrected chi connectivity index (χ2v) is 8.01. The van der Waals surface area contributed by atoms with Gasteiger partial charge in [0.1, 0.15) is 12.3 Å². The third-order valence-electron chi connectivity index (χ3n) is 3.96. The number of carboxylic acids is 1. The lowest BCUT2D eigenvalue weighted by atomic mass is 10.1. The van der Waals surface area contributed by atoms with Crippen LogP contribution in [0, 0.1) is 0 Å². The van der Waals surface area contributed by atoms with Gasteiger partial charge in [-0.3, -0.25) is 9.59 Å². The summed E-state index contributed by atoms with van der Waals surface area (Å²) in [6.07, 6.45) is 1.50. The van der Waals surface area contributed by atoms with E-state index in [2.05, 4.69) is 0 Å². The Morgan fingerprint density at radius 1 is 1.11 bits per heavy atom. The molecule has 2 aromatic rings. The molecule has 0 bridgehead atoms. The van der Waals surface area contributed by atoms with E-state index in [4.69, 9.17) is 9.84 Å². The number of rotatable bonds is 8. The molecule has 0 aliphatic carbocycles. The zero-order valence-electron chi connectivity index (χ0n) is 15.1. The summed E-state index contributed by atoms with van der Waals surface area (Å²) in [5.41, 5.74) is 0.965. The van der Waals surface area contributed by atoms with Crippen molar-refractivity contribution in [3.05, 3.63) is 59.7 Å². The molecule has 0 saturated heterocycles. The summed E-state index contributed by atoms with van der Waals surface area (Å²) in [7, 11) is -2.17. The fourth-order valence-corrected chi connectivity index (χ4v) is 3.23. The molecular weight excluding hydrogens is 370 g/mol. The van der Waals surface area contributed by atoms with Crippen LogP contribution in [0.2, 0.25) is 0 Å². The molecule has 0 aliphatic heterocycles. The molecule has 2 rings (SSSR count). The van der Waals surface area contributed by atoms with Gasteiger partial charge in [0.2, 0.25) is 0 Å². The van der Waals surface area contributed by atoms with Gasteiger partial charge < -0.3 is 14.7 Å². The molecule has 1 amide bonds. The van der Waals surface area contributed by atoms with Gasteiger partial charge in [-0.05, 0) is 30.2 Å². The number of carbonyl (C=O) groups is 2. The van der Waals surface area contributed by atoms with Crippen LogP contribution in [0.3, 0.4) is 0 Å². The second kappa shape index (κ2) is 8.68. The van der Waals surface area contributed by atoms with E-state index in [9.17, 15) is 18.0 Å². The van der Waals surface area contributed by atoms with Crippen molar-refractivity contribution in [1.82, 2.24) is 4.90 Å². The minimum absolute atomic E-state index is 0.00902. The predicted molar refractivity (Wildman–Crippen MR) is 99.8 cm³/mol. The summed E-state index contributed by atoms with van der Waals surface area (Å²) >= 11 is 0. The molecule has 0 atom stereocenters. The Labute approximate surface area is 158 Å². The summed E-state index contributed by atoms with van der Waals surface area (Å²) in [4.78, 5) is 25.3. The molecule has 1 N–H and O–H groups in total. The summed E-state index contributed by atoms with van der Waals surface area (Å²) in [6.45, 7) is -0.334. The highest BCUT2D eigenvalue weighted by molar-refractivity contribution is 7.90. The van der Waals surface area contributed by atoms with E-state index in [0.29, 0.717) is 6.42 Å². The van der Waals surface area contributed by atoms with E-state index in [1.807, 2.05) is 30.3 Å². The Balaban J connectivity index is 2.34. The average Bonchev–Trinajstić information content (AvgIpc) is 2.63. The molecular formula is C19H21NO6S. The van der Waals surface area contributed by atoms with Crippen molar-refractivity contribution < 1.29 is 27.9 Å². The third kappa shape index (κ3) is 5.55. The highest BCUT2D eigenvalue weighted by Crippen LogP contribution is 2.24. The maximum absolute atomic E-state index is 12.9. The summed E-state index contributed by atoms with van der Waals surface area (Å²) < 4.78 is 28.8. The van der Waals surface area contributed by atoms with Crippen molar-refractivity contribution in [2.45, 2.75) is 11.3 Å². The van der Waals surface area contributed by atoms with Crippen LogP contribution in [-0.2, 0) is 21.1 Å². The van der Waals surface area contributed by atoms with Gasteiger partial charge in [-0.15, -0.1) is 0 Å². The number of ether oxygens (including phenoxy) is 1. The van der Waals surface area contributed by atoms with Crippen molar-refractivity contribution >= 4 is 21.7 Å². The molecule has 0 aromatic heterocycles. The fraction of sp³-hybridized carbons (Fsp3) is 0.263. The van der Waals surface area contributed by atoms with Gasteiger partial charge in [0, 0.05) is 12.8 Å². The number of methoxy groups -OCH3 is 1. The Kier molecular flexibility index (Phi) is 6.57. The number of benzene rings is 2. The van der Waals surface area contributed by atoms with Crippen LogP contribution in [0.25, 0.3) is 0 Å². The molecule has 144 valence electrons. The maximum atomic E-state index is 12.9. The van der Waals surface area contributed by atoms with Gasteiger partial charge in [0.05, 0.1) is 17.6 Å². The number of carbonyl (C=O) groups excluding carboxylic acids is 1. The van der Waals surface area contributed by atoms with E-state index in [1.54, 1.807) is 0 Å². The Morgan fingerprint density at radius 3 is 2.33 bits per heavy atom. The number of amides is 1. The van der Waals surface area contributed by atoms with Crippen LogP contribution in [0.15, 0.2) is 53.4 Å². The van der Waals surface area contributed by atoms with Gasteiger partial charge in [-0.25, -0.2) is 8.42 Å². The van der Waals surface area contributed by atoms with Crippen LogP contribution in [0.4, 0.5) is 0 Å². The minimum Gasteiger partial charge on any atom is -0.496 e. The summed E-state index contributed by atoms with van der Waals surface area (Å²) in [5, 5.41) is 9.17. The zero-order valence-corrected chi connectivity index (χ0v) is 15.9. The first kappa shape index (κ1) is 20.4. The van der Waals surface area contributed by atoms with Gasteiger partial charge >= 0.3 is 5.97 Å². The lowest BCUT2D eigenvalue weighted by molar-refractivity contribution is -0.137. The minimum atomic E-state index is -3.53. The SMILES string of the molecule is COc1ccc(S(C)(=O)=O)cc1C(=O)N(CCc1ccccc1)CC(=O)O. The standard InChI is InChI=1S/C19H21NO6S/c1-26-17-9-8-15(27(2,24)25)12-16(17)19(23)20(13-18(21)22)11-10-14-6-4-3-5-7-14/h3-9,12H,10-11,13H2,1-2H3,(H,21,22). The van der Waals surface area contributed by atoms with Crippen LogP contribution in [0.1, 0.15) is 15.9 Å².